The molecule has 0 aliphatic rings. The van der Waals surface area contributed by atoms with Crippen LogP contribution in [-0.2, 0) is 14.3 Å². The van der Waals surface area contributed by atoms with Gasteiger partial charge in [-0.15, -0.1) is 11.8 Å². The Hall–Kier alpha value is -1.90. The summed E-state index contributed by atoms with van der Waals surface area (Å²) in [5.74, 6) is 5.26. The number of benzene rings is 1. The van der Waals surface area contributed by atoms with Crippen LogP contribution in [0.5, 0.6) is 0 Å². The first-order valence-electron chi connectivity index (χ1n) is 8.92. The summed E-state index contributed by atoms with van der Waals surface area (Å²) in [6.45, 7) is 8.49. The molecule has 0 radical (unpaired) electrons. The first-order valence-corrected chi connectivity index (χ1v) is 9.90. The number of thioether (sulfide) groups is 1. The van der Waals surface area contributed by atoms with Gasteiger partial charge >= 0.3 is 5.97 Å². The molecule has 0 fully saturated rings. The summed E-state index contributed by atoms with van der Waals surface area (Å²) in [5.41, 5.74) is 5.12. The average molecular weight is 396 g/mol. The maximum absolute atomic E-state index is 12.4. The number of carbonyl (C=O) groups excluding carboxylic acids is 2. The van der Waals surface area contributed by atoms with Crippen molar-refractivity contribution in [2.75, 3.05) is 25.6 Å². The Bertz CT molecular complexity index is 677. The number of rotatable bonds is 10. The monoisotopic (exact) mass is 395 g/mol. The molecule has 7 nitrogen and oxygen atoms in total. The molecule has 0 atom stereocenters. The molecule has 0 saturated heterocycles. The predicted octanol–water partition coefficient (Wildman–Crippen LogP) is 2.75. The lowest BCUT2D eigenvalue weighted by molar-refractivity contribution is -0.122. The summed E-state index contributed by atoms with van der Waals surface area (Å²) in [4.78, 5) is 23.4. The number of amides is 1. The van der Waals surface area contributed by atoms with Gasteiger partial charge in [0.15, 0.2) is 0 Å². The zero-order chi connectivity index (χ0) is 20.4. The topological polar surface area (TPSA) is 115 Å². The minimum absolute atomic E-state index is 0.0882. The molecule has 0 saturated carbocycles. The fraction of sp³-hybridized carbons (Fsp3) is 0.526. The van der Waals surface area contributed by atoms with Gasteiger partial charge in [-0.05, 0) is 35.8 Å². The molecule has 0 unspecified atom stereocenters. The Kier molecular flexibility index (Phi) is 10.1. The zero-order valence-electron chi connectivity index (χ0n) is 16.4. The number of aryl methyl sites for hydroxylation is 1. The lowest BCUT2D eigenvalue weighted by Crippen LogP contribution is -2.30. The van der Waals surface area contributed by atoms with E-state index in [0.29, 0.717) is 10.6 Å². The van der Waals surface area contributed by atoms with Gasteiger partial charge in [0, 0.05) is 5.56 Å². The smallest absolute Gasteiger partial charge is 0.338 e. The fourth-order valence-corrected chi connectivity index (χ4v) is 3.08. The van der Waals surface area contributed by atoms with Crippen LogP contribution in [0.15, 0.2) is 12.1 Å². The van der Waals surface area contributed by atoms with E-state index in [1.807, 2.05) is 25.3 Å². The van der Waals surface area contributed by atoms with E-state index in [1.54, 1.807) is 6.07 Å². The van der Waals surface area contributed by atoms with E-state index in [1.165, 1.54) is 11.8 Å². The van der Waals surface area contributed by atoms with Crippen LogP contribution in [0.2, 0.25) is 0 Å². The third kappa shape index (κ3) is 7.32. The van der Waals surface area contributed by atoms with Crippen LogP contribution in [0.1, 0.15) is 60.2 Å². The van der Waals surface area contributed by atoms with E-state index in [4.69, 9.17) is 20.7 Å². The highest BCUT2D eigenvalue weighted by molar-refractivity contribution is 8.14. The summed E-state index contributed by atoms with van der Waals surface area (Å²) in [6.07, 6.45) is 0.154. The van der Waals surface area contributed by atoms with Crippen molar-refractivity contribution in [1.29, 1.82) is 5.41 Å². The maximum atomic E-state index is 12.4. The van der Waals surface area contributed by atoms with E-state index < -0.39 is 5.97 Å². The van der Waals surface area contributed by atoms with Gasteiger partial charge in [0.2, 0.25) is 5.91 Å². The number of ether oxygens (including phenoxy) is 2. The molecule has 1 aromatic carbocycles. The SMILES string of the molecule is CCSC(=N)c1cc(C(=O)OCCOCCC(=O)NN)c(C)cc1C(C)C. The molecule has 1 aromatic rings. The van der Waals surface area contributed by atoms with E-state index in [0.717, 1.165) is 22.4 Å². The van der Waals surface area contributed by atoms with Crippen molar-refractivity contribution in [2.24, 2.45) is 5.84 Å². The summed E-state index contributed by atoms with van der Waals surface area (Å²) < 4.78 is 10.5. The minimum Gasteiger partial charge on any atom is -0.460 e. The number of esters is 1. The number of hydrogen-bond acceptors (Lipinski definition) is 7. The molecule has 0 aliphatic heterocycles. The zero-order valence-corrected chi connectivity index (χ0v) is 17.2. The fourth-order valence-electron chi connectivity index (χ4n) is 2.46. The Labute approximate surface area is 164 Å². The van der Waals surface area contributed by atoms with Crippen molar-refractivity contribution in [2.45, 2.75) is 40.0 Å². The van der Waals surface area contributed by atoms with Crippen molar-refractivity contribution in [3.05, 3.63) is 34.4 Å². The van der Waals surface area contributed by atoms with Crippen molar-refractivity contribution in [3.63, 3.8) is 0 Å². The highest BCUT2D eigenvalue weighted by Gasteiger charge is 2.18. The van der Waals surface area contributed by atoms with Gasteiger partial charge in [-0.2, -0.15) is 0 Å². The largest absolute Gasteiger partial charge is 0.460 e. The molecule has 0 bridgehead atoms. The minimum atomic E-state index is -0.443. The van der Waals surface area contributed by atoms with Gasteiger partial charge in [0.1, 0.15) is 6.61 Å². The number of nitrogens with one attached hydrogen (secondary N) is 2. The number of nitrogens with two attached hydrogens (primary N) is 1. The van der Waals surface area contributed by atoms with Crippen LogP contribution < -0.4 is 11.3 Å². The first kappa shape index (κ1) is 23.1. The molecule has 8 heteroatoms. The average Bonchev–Trinajstić information content (AvgIpc) is 2.63. The van der Waals surface area contributed by atoms with Crippen LogP contribution in [-0.4, -0.2) is 42.5 Å². The molecule has 0 aliphatic carbocycles. The highest BCUT2D eigenvalue weighted by Crippen LogP contribution is 2.27. The van der Waals surface area contributed by atoms with Gasteiger partial charge in [0.05, 0.1) is 30.2 Å². The standard InChI is InChI=1S/C19H29N3O4S/c1-5-27-18(20)16-11-15(13(4)10-14(16)12(2)3)19(24)26-9-8-25-7-6-17(23)22-21/h10-12,20H,5-9,21H2,1-4H3,(H,22,23). The normalized spacial score (nSPS) is 10.7. The molecule has 0 aromatic heterocycles. The summed E-state index contributed by atoms with van der Waals surface area (Å²) in [7, 11) is 0. The Morgan fingerprint density at radius 3 is 2.52 bits per heavy atom. The van der Waals surface area contributed by atoms with Crippen LogP contribution >= 0.6 is 11.8 Å². The van der Waals surface area contributed by atoms with Crippen molar-refractivity contribution < 1.29 is 19.1 Å². The second-order valence-corrected chi connectivity index (χ2v) is 7.51. The quantitative estimate of drug-likeness (QED) is 0.107. The summed E-state index contributed by atoms with van der Waals surface area (Å²) in [6, 6.07) is 3.72. The number of hydrazine groups is 1. The van der Waals surface area contributed by atoms with Gasteiger partial charge in [0.25, 0.3) is 0 Å². The van der Waals surface area contributed by atoms with Crippen molar-refractivity contribution >= 4 is 28.7 Å². The Balaban J connectivity index is 2.75. The third-order valence-corrected chi connectivity index (χ3v) is 4.66. The molecule has 150 valence electrons. The van der Waals surface area contributed by atoms with Crippen LogP contribution in [0, 0.1) is 12.3 Å². The van der Waals surface area contributed by atoms with Crippen molar-refractivity contribution in [3.8, 4) is 0 Å². The third-order valence-electron chi connectivity index (χ3n) is 3.87. The van der Waals surface area contributed by atoms with Crippen LogP contribution in [0.25, 0.3) is 0 Å². The van der Waals surface area contributed by atoms with E-state index in [9.17, 15) is 9.59 Å². The lowest BCUT2D eigenvalue weighted by atomic mass is 9.92. The number of hydrogen-bond donors (Lipinski definition) is 3. The molecule has 1 amide bonds. The Morgan fingerprint density at radius 1 is 1.22 bits per heavy atom. The molecule has 1 rings (SSSR count). The number of carbonyl (C=O) groups is 2. The molecule has 0 heterocycles. The molecular formula is C19H29N3O4S. The van der Waals surface area contributed by atoms with E-state index in [-0.39, 0.29) is 38.1 Å². The van der Waals surface area contributed by atoms with E-state index >= 15 is 0 Å². The van der Waals surface area contributed by atoms with Gasteiger partial charge < -0.3 is 9.47 Å². The van der Waals surface area contributed by atoms with Gasteiger partial charge in [-0.25, -0.2) is 10.6 Å². The van der Waals surface area contributed by atoms with Crippen LogP contribution in [0.3, 0.4) is 0 Å². The van der Waals surface area contributed by atoms with Crippen molar-refractivity contribution in [1.82, 2.24) is 5.43 Å². The predicted molar refractivity (Wildman–Crippen MR) is 108 cm³/mol. The highest BCUT2D eigenvalue weighted by atomic mass is 32.2. The van der Waals surface area contributed by atoms with Gasteiger partial charge in [-0.3, -0.25) is 15.6 Å². The molecule has 27 heavy (non-hydrogen) atoms. The second-order valence-electron chi connectivity index (χ2n) is 6.24. The molecule has 0 spiro atoms. The molecular weight excluding hydrogens is 366 g/mol. The lowest BCUT2D eigenvalue weighted by Gasteiger charge is -2.17. The summed E-state index contributed by atoms with van der Waals surface area (Å²) in [5, 5.41) is 8.74. The Morgan fingerprint density at radius 2 is 1.93 bits per heavy atom. The van der Waals surface area contributed by atoms with Crippen LogP contribution in [0.4, 0.5) is 0 Å². The second kappa shape index (κ2) is 11.7. The van der Waals surface area contributed by atoms with E-state index in [2.05, 4.69) is 13.8 Å². The maximum Gasteiger partial charge on any atom is 0.338 e. The first-order chi connectivity index (χ1) is 12.8. The van der Waals surface area contributed by atoms with Gasteiger partial charge in [-0.1, -0.05) is 26.8 Å². The summed E-state index contributed by atoms with van der Waals surface area (Å²) >= 11 is 1.44. The molecule has 4 N–H and O–H groups in total.